The highest BCUT2D eigenvalue weighted by Crippen LogP contribution is 2.01. The molecule has 8 heteroatoms. The molecule has 0 aliphatic carbocycles. The molecule has 2 amide bonds. The third kappa shape index (κ3) is 6.36. The second-order valence-corrected chi connectivity index (χ2v) is 5.24. The first kappa shape index (κ1) is 14.8. The van der Waals surface area contributed by atoms with E-state index < -0.39 is 21.8 Å². The van der Waals surface area contributed by atoms with Crippen molar-refractivity contribution in [3.63, 3.8) is 0 Å². The third-order valence-corrected chi connectivity index (χ3v) is 2.47. The molecule has 7 nitrogen and oxygen atoms in total. The predicted molar refractivity (Wildman–Crippen MR) is 57.0 cm³/mol. The summed E-state index contributed by atoms with van der Waals surface area (Å²) in [5.74, 6) is -2.11. The van der Waals surface area contributed by atoms with Crippen LogP contribution < -0.4 is 5.73 Å². The SMILES string of the molecule is CC(C)C(=O)N(CCS(=O)(=O)O)CC(N)=O. The first-order valence-corrected chi connectivity index (χ1v) is 6.26. The molecule has 3 N–H and O–H groups in total. The number of carbonyl (C=O) groups excluding carboxylic acids is 2. The maximum Gasteiger partial charge on any atom is 0.266 e. The van der Waals surface area contributed by atoms with E-state index in [0.29, 0.717) is 0 Å². The monoisotopic (exact) mass is 252 g/mol. The second-order valence-electron chi connectivity index (χ2n) is 3.67. The molecular formula is C8H16N2O5S. The van der Waals surface area contributed by atoms with E-state index in [1.54, 1.807) is 13.8 Å². The van der Waals surface area contributed by atoms with Gasteiger partial charge in [-0.15, -0.1) is 0 Å². The van der Waals surface area contributed by atoms with Crippen molar-refractivity contribution >= 4 is 21.9 Å². The quantitative estimate of drug-likeness (QED) is 0.578. The first-order chi connectivity index (χ1) is 7.13. The van der Waals surface area contributed by atoms with E-state index in [9.17, 15) is 18.0 Å². The Hall–Kier alpha value is -1.15. The molecule has 0 rings (SSSR count). The molecule has 0 unspecified atom stereocenters. The highest BCUT2D eigenvalue weighted by Gasteiger charge is 2.20. The van der Waals surface area contributed by atoms with Crippen molar-refractivity contribution in [2.24, 2.45) is 11.7 Å². The number of primary amides is 1. The standard InChI is InChI=1S/C8H16N2O5S/c1-6(2)8(12)10(5-7(9)11)3-4-16(13,14)15/h6H,3-5H2,1-2H3,(H2,9,11)(H,13,14,15). The normalized spacial score (nSPS) is 11.5. The Morgan fingerprint density at radius 3 is 2.19 bits per heavy atom. The number of carbonyl (C=O) groups is 2. The van der Waals surface area contributed by atoms with Crippen LogP contribution in [0.5, 0.6) is 0 Å². The van der Waals surface area contributed by atoms with Crippen LogP contribution in [0.25, 0.3) is 0 Å². The molecule has 0 heterocycles. The van der Waals surface area contributed by atoms with Gasteiger partial charge in [-0.3, -0.25) is 14.1 Å². The molecule has 0 fully saturated rings. The van der Waals surface area contributed by atoms with Gasteiger partial charge in [-0.05, 0) is 0 Å². The Labute approximate surface area is 94.3 Å². The summed E-state index contributed by atoms with van der Waals surface area (Å²) >= 11 is 0. The molecule has 94 valence electrons. The van der Waals surface area contributed by atoms with Gasteiger partial charge < -0.3 is 10.6 Å². The average Bonchev–Trinajstić information content (AvgIpc) is 2.08. The van der Waals surface area contributed by atoms with Crippen LogP contribution in [0, 0.1) is 5.92 Å². The van der Waals surface area contributed by atoms with Crippen molar-refractivity contribution < 1.29 is 22.6 Å². The van der Waals surface area contributed by atoms with Gasteiger partial charge in [0, 0.05) is 12.5 Å². The summed E-state index contributed by atoms with van der Waals surface area (Å²) in [5.41, 5.74) is 4.93. The summed E-state index contributed by atoms with van der Waals surface area (Å²) < 4.78 is 29.6. The maximum atomic E-state index is 11.5. The highest BCUT2D eigenvalue weighted by molar-refractivity contribution is 7.85. The van der Waals surface area contributed by atoms with Crippen LogP contribution in [0.3, 0.4) is 0 Å². The minimum absolute atomic E-state index is 0.251. The lowest BCUT2D eigenvalue weighted by Gasteiger charge is -2.22. The van der Waals surface area contributed by atoms with Crippen LogP contribution in [0.15, 0.2) is 0 Å². The molecule has 0 radical (unpaired) electrons. The Morgan fingerprint density at radius 2 is 1.88 bits per heavy atom. The van der Waals surface area contributed by atoms with Gasteiger partial charge in [0.15, 0.2) is 0 Å². The van der Waals surface area contributed by atoms with Crippen molar-refractivity contribution in [3.05, 3.63) is 0 Å². The summed E-state index contributed by atoms with van der Waals surface area (Å²) in [5, 5.41) is 0. The van der Waals surface area contributed by atoms with Crippen LogP contribution in [-0.4, -0.2) is 48.5 Å². The van der Waals surface area contributed by atoms with E-state index in [1.165, 1.54) is 0 Å². The number of amides is 2. The molecule has 0 saturated carbocycles. The summed E-state index contributed by atoms with van der Waals surface area (Å²) in [6.45, 7) is 2.62. The van der Waals surface area contributed by atoms with Gasteiger partial charge in [0.1, 0.15) is 0 Å². The van der Waals surface area contributed by atoms with Crippen LogP contribution >= 0.6 is 0 Å². The zero-order valence-corrected chi connectivity index (χ0v) is 10.0. The fourth-order valence-electron chi connectivity index (χ4n) is 1.05. The molecule has 0 aliphatic rings. The predicted octanol–water partition coefficient (Wildman–Crippen LogP) is -1.16. The van der Waals surface area contributed by atoms with E-state index in [1.807, 2.05) is 0 Å². The Balaban J connectivity index is 4.56. The number of rotatable bonds is 6. The van der Waals surface area contributed by atoms with Gasteiger partial charge in [0.2, 0.25) is 11.8 Å². The van der Waals surface area contributed by atoms with Crippen molar-refractivity contribution in [3.8, 4) is 0 Å². The third-order valence-electron chi connectivity index (χ3n) is 1.77. The largest absolute Gasteiger partial charge is 0.368 e. The Bertz CT molecular complexity index is 363. The molecule has 0 saturated heterocycles. The van der Waals surface area contributed by atoms with E-state index in [4.69, 9.17) is 10.3 Å². The minimum Gasteiger partial charge on any atom is -0.368 e. The molecule has 0 aromatic carbocycles. The van der Waals surface area contributed by atoms with Crippen molar-refractivity contribution in [2.75, 3.05) is 18.8 Å². The van der Waals surface area contributed by atoms with Gasteiger partial charge in [-0.1, -0.05) is 13.8 Å². The van der Waals surface area contributed by atoms with Crippen LogP contribution in [-0.2, 0) is 19.7 Å². The summed E-state index contributed by atoms with van der Waals surface area (Å²) in [6, 6.07) is 0. The van der Waals surface area contributed by atoms with Crippen molar-refractivity contribution in [1.82, 2.24) is 4.90 Å². The van der Waals surface area contributed by atoms with Gasteiger partial charge in [0.05, 0.1) is 12.3 Å². The number of nitrogens with two attached hydrogens (primary N) is 1. The Kier molecular flexibility index (Phi) is 5.39. The summed E-state index contributed by atoms with van der Waals surface area (Å²) in [6.07, 6.45) is 0. The molecule has 0 spiro atoms. The molecule has 0 atom stereocenters. The highest BCUT2D eigenvalue weighted by atomic mass is 32.2. The lowest BCUT2D eigenvalue weighted by molar-refractivity contribution is -0.137. The number of nitrogens with zero attached hydrogens (tertiary/aromatic N) is 1. The molecule has 0 aromatic heterocycles. The van der Waals surface area contributed by atoms with Gasteiger partial charge in [-0.25, -0.2) is 0 Å². The smallest absolute Gasteiger partial charge is 0.266 e. The average molecular weight is 252 g/mol. The van der Waals surface area contributed by atoms with Gasteiger partial charge >= 0.3 is 0 Å². The second kappa shape index (κ2) is 5.80. The molecule has 16 heavy (non-hydrogen) atoms. The summed E-state index contributed by atoms with van der Waals surface area (Å²) in [7, 11) is -4.16. The number of hydrogen-bond donors (Lipinski definition) is 2. The van der Waals surface area contributed by atoms with Crippen LogP contribution in [0.2, 0.25) is 0 Å². The number of hydrogen-bond acceptors (Lipinski definition) is 4. The van der Waals surface area contributed by atoms with E-state index in [0.717, 1.165) is 4.90 Å². The van der Waals surface area contributed by atoms with Crippen molar-refractivity contribution in [2.45, 2.75) is 13.8 Å². The first-order valence-electron chi connectivity index (χ1n) is 4.65. The molecule has 0 bridgehead atoms. The fraction of sp³-hybridized carbons (Fsp3) is 0.750. The van der Waals surface area contributed by atoms with E-state index >= 15 is 0 Å². The fourth-order valence-corrected chi connectivity index (χ4v) is 1.50. The van der Waals surface area contributed by atoms with Gasteiger partial charge in [0.25, 0.3) is 10.1 Å². The zero-order chi connectivity index (χ0) is 12.9. The van der Waals surface area contributed by atoms with Crippen LogP contribution in [0.4, 0.5) is 0 Å². The molecular weight excluding hydrogens is 236 g/mol. The minimum atomic E-state index is -4.16. The topological polar surface area (TPSA) is 118 Å². The van der Waals surface area contributed by atoms with Crippen molar-refractivity contribution in [1.29, 1.82) is 0 Å². The molecule has 0 aliphatic heterocycles. The lowest BCUT2D eigenvalue weighted by atomic mass is 10.2. The maximum absolute atomic E-state index is 11.5. The van der Waals surface area contributed by atoms with E-state index in [-0.39, 0.29) is 24.9 Å². The van der Waals surface area contributed by atoms with E-state index in [2.05, 4.69) is 0 Å². The lowest BCUT2D eigenvalue weighted by Crippen LogP contribution is -2.42. The van der Waals surface area contributed by atoms with Gasteiger partial charge in [-0.2, -0.15) is 8.42 Å². The Morgan fingerprint density at radius 1 is 1.38 bits per heavy atom. The summed E-state index contributed by atoms with van der Waals surface area (Å²) in [4.78, 5) is 23.2. The zero-order valence-electron chi connectivity index (χ0n) is 9.21. The van der Waals surface area contributed by atoms with Crippen LogP contribution in [0.1, 0.15) is 13.8 Å². The molecule has 0 aromatic rings.